The second-order valence-corrected chi connectivity index (χ2v) is 3.77. The number of nitrogens with zero attached hydrogens (tertiary/aromatic N) is 1. The smallest absolute Gasteiger partial charge is 0.000683 e. The van der Waals surface area contributed by atoms with Crippen LogP contribution < -0.4 is 0 Å². The van der Waals surface area contributed by atoms with Crippen LogP contribution in [0, 0.1) is 11.8 Å². The second kappa shape index (κ2) is 1.98. The number of piperidine rings is 1. The molecule has 2 rings (SSSR count). The Hall–Kier alpha value is -0.0400. The largest absolute Gasteiger partial charge is 0.306 e. The molecule has 1 saturated carbocycles. The zero-order chi connectivity index (χ0) is 6.27. The van der Waals surface area contributed by atoms with Gasteiger partial charge in [-0.15, -0.1) is 0 Å². The summed E-state index contributed by atoms with van der Waals surface area (Å²) in [5.74, 6) is 2.13. The van der Waals surface area contributed by atoms with E-state index in [2.05, 4.69) is 11.9 Å². The van der Waals surface area contributed by atoms with E-state index in [-0.39, 0.29) is 0 Å². The summed E-state index contributed by atoms with van der Waals surface area (Å²) in [4.78, 5) is 2.49. The Labute approximate surface area is 57.0 Å². The van der Waals surface area contributed by atoms with Gasteiger partial charge in [-0.05, 0) is 38.1 Å². The van der Waals surface area contributed by atoms with Crippen LogP contribution in [0.2, 0.25) is 0 Å². The van der Waals surface area contributed by atoms with Crippen molar-refractivity contribution in [3.8, 4) is 0 Å². The van der Waals surface area contributed by atoms with Crippen LogP contribution >= 0.6 is 0 Å². The molecule has 2 aliphatic rings. The number of fused-ring (bicyclic) bond motifs is 2. The molecule has 2 bridgehead atoms. The third kappa shape index (κ3) is 0.983. The zero-order valence-electron chi connectivity index (χ0n) is 6.14. The molecule has 0 radical (unpaired) electrons. The van der Waals surface area contributed by atoms with E-state index < -0.39 is 0 Å². The maximum Gasteiger partial charge on any atom is 0.000683 e. The van der Waals surface area contributed by atoms with Crippen molar-refractivity contribution in [2.45, 2.75) is 19.3 Å². The first-order chi connectivity index (χ1) is 4.34. The predicted molar refractivity (Wildman–Crippen MR) is 38.3 cm³/mol. The Morgan fingerprint density at radius 3 is 2.22 bits per heavy atom. The molecule has 2 atom stereocenters. The maximum atomic E-state index is 2.49. The summed E-state index contributed by atoms with van der Waals surface area (Å²) in [6, 6.07) is 0. The zero-order valence-corrected chi connectivity index (χ0v) is 6.14. The first kappa shape index (κ1) is 5.72. The van der Waals surface area contributed by atoms with E-state index in [1.165, 1.54) is 32.4 Å². The predicted octanol–water partition coefficient (Wildman–Crippen LogP) is 1.35. The average Bonchev–Trinajstić information content (AvgIpc) is 2.11. The number of hydrogen-bond donors (Lipinski definition) is 0. The van der Waals surface area contributed by atoms with E-state index in [9.17, 15) is 0 Å². The molecule has 52 valence electrons. The lowest BCUT2D eigenvalue weighted by Crippen LogP contribution is -2.32. The Bertz CT molecular complexity index is 99.1. The van der Waals surface area contributed by atoms with Crippen molar-refractivity contribution in [2.24, 2.45) is 11.8 Å². The van der Waals surface area contributed by atoms with Crippen LogP contribution in [-0.4, -0.2) is 25.0 Å². The van der Waals surface area contributed by atoms with Gasteiger partial charge >= 0.3 is 0 Å². The van der Waals surface area contributed by atoms with E-state index in [1.54, 1.807) is 0 Å². The third-order valence-electron chi connectivity index (χ3n) is 2.79. The van der Waals surface area contributed by atoms with E-state index >= 15 is 0 Å². The fraction of sp³-hybridized carbons (Fsp3) is 1.00. The summed E-state index contributed by atoms with van der Waals surface area (Å²) in [7, 11) is 2.25. The van der Waals surface area contributed by atoms with E-state index in [1.807, 2.05) is 0 Å². The minimum absolute atomic E-state index is 1.06. The SMILES string of the molecule is CN1C[C@@H]2CC[C@@H](C2)C1. The van der Waals surface area contributed by atoms with Gasteiger partial charge in [0.05, 0.1) is 0 Å². The fourth-order valence-electron chi connectivity index (χ4n) is 2.47. The molecule has 0 amide bonds. The minimum atomic E-state index is 1.06. The lowest BCUT2D eigenvalue weighted by atomic mass is 10.00. The molecule has 1 aliphatic heterocycles. The molecule has 0 aromatic heterocycles. The molecule has 0 spiro atoms. The van der Waals surface area contributed by atoms with Gasteiger partial charge in [0.25, 0.3) is 0 Å². The highest BCUT2D eigenvalue weighted by Crippen LogP contribution is 2.35. The van der Waals surface area contributed by atoms with Crippen molar-refractivity contribution < 1.29 is 0 Å². The van der Waals surface area contributed by atoms with Crippen molar-refractivity contribution in [1.82, 2.24) is 4.90 Å². The van der Waals surface area contributed by atoms with E-state index in [0.29, 0.717) is 0 Å². The van der Waals surface area contributed by atoms with Gasteiger partial charge in [0, 0.05) is 13.1 Å². The maximum absolute atomic E-state index is 2.49. The third-order valence-corrected chi connectivity index (χ3v) is 2.79. The Morgan fingerprint density at radius 2 is 1.67 bits per heavy atom. The first-order valence-corrected chi connectivity index (χ1v) is 4.03. The fourth-order valence-corrected chi connectivity index (χ4v) is 2.47. The van der Waals surface area contributed by atoms with E-state index in [0.717, 1.165) is 11.8 Å². The molecule has 1 heteroatoms. The lowest BCUT2D eigenvalue weighted by molar-refractivity contribution is 0.203. The van der Waals surface area contributed by atoms with Crippen molar-refractivity contribution >= 4 is 0 Å². The second-order valence-electron chi connectivity index (χ2n) is 3.77. The van der Waals surface area contributed by atoms with E-state index in [4.69, 9.17) is 0 Å². The van der Waals surface area contributed by atoms with Crippen LogP contribution in [0.1, 0.15) is 19.3 Å². The summed E-state index contributed by atoms with van der Waals surface area (Å²) in [6.07, 6.45) is 4.55. The van der Waals surface area contributed by atoms with Crippen LogP contribution in [0.4, 0.5) is 0 Å². The minimum Gasteiger partial charge on any atom is -0.306 e. The molecule has 1 aliphatic carbocycles. The molecule has 0 unspecified atom stereocenters. The number of likely N-dealkylation sites (tertiary alicyclic amines) is 1. The van der Waals surface area contributed by atoms with Gasteiger partial charge < -0.3 is 4.90 Å². The summed E-state index contributed by atoms with van der Waals surface area (Å²) in [5, 5.41) is 0. The summed E-state index contributed by atoms with van der Waals surface area (Å²) in [6.45, 7) is 2.74. The molecule has 2 fully saturated rings. The quantitative estimate of drug-likeness (QED) is 0.472. The van der Waals surface area contributed by atoms with Crippen molar-refractivity contribution in [2.75, 3.05) is 20.1 Å². The van der Waals surface area contributed by atoms with Crippen molar-refractivity contribution in [3.63, 3.8) is 0 Å². The van der Waals surface area contributed by atoms with Crippen molar-refractivity contribution in [1.29, 1.82) is 0 Å². The van der Waals surface area contributed by atoms with Gasteiger partial charge in [0.1, 0.15) is 0 Å². The van der Waals surface area contributed by atoms with Crippen molar-refractivity contribution in [3.05, 3.63) is 0 Å². The average molecular weight is 125 g/mol. The highest BCUT2D eigenvalue weighted by Gasteiger charge is 2.30. The summed E-state index contributed by atoms with van der Waals surface area (Å²) >= 11 is 0. The standard InChI is InChI=1S/C8H15N/c1-9-5-7-2-3-8(4-7)6-9/h7-8H,2-6H2,1H3/t7-,8+. The van der Waals surface area contributed by atoms with Gasteiger partial charge in [-0.2, -0.15) is 0 Å². The Kier molecular flexibility index (Phi) is 1.26. The van der Waals surface area contributed by atoms with Gasteiger partial charge in [-0.3, -0.25) is 0 Å². The van der Waals surface area contributed by atoms with Crippen LogP contribution in [0.5, 0.6) is 0 Å². The van der Waals surface area contributed by atoms with Crippen LogP contribution in [0.15, 0.2) is 0 Å². The topological polar surface area (TPSA) is 3.24 Å². The summed E-state index contributed by atoms with van der Waals surface area (Å²) in [5.41, 5.74) is 0. The molecule has 1 saturated heterocycles. The lowest BCUT2D eigenvalue weighted by Gasteiger charge is -2.27. The van der Waals surface area contributed by atoms with Crippen LogP contribution in [0.3, 0.4) is 0 Å². The number of hydrogen-bond acceptors (Lipinski definition) is 1. The first-order valence-electron chi connectivity index (χ1n) is 4.03. The van der Waals surface area contributed by atoms with Gasteiger partial charge in [0.15, 0.2) is 0 Å². The van der Waals surface area contributed by atoms with Gasteiger partial charge in [0.2, 0.25) is 0 Å². The Balaban J connectivity index is 2.03. The molecule has 0 aromatic rings. The molecule has 9 heavy (non-hydrogen) atoms. The summed E-state index contributed by atoms with van der Waals surface area (Å²) < 4.78 is 0. The Morgan fingerprint density at radius 1 is 1.11 bits per heavy atom. The number of rotatable bonds is 0. The van der Waals surface area contributed by atoms with Gasteiger partial charge in [-0.1, -0.05) is 0 Å². The van der Waals surface area contributed by atoms with Crippen LogP contribution in [-0.2, 0) is 0 Å². The van der Waals surface area contributed by atoms with Crippen LogP contribution in [0.25, 0.3) is 0 Å². The highest BCUT2D eigenvalue weighted by molar-refractivity contribution is 4.83. The molecule has 0 N–H and O–H groups in total. The monoisotopic (exact) mass is 125 g/mol. The molecular formula is C8H15N. The highest BCUT2D eigenvalue weighted by atomic mass is 15.1. The molecule has 1 nitrogen and oxygen atoms in total. The molecule has 1 heterocycles. The molecular weight excluding hydrogens is 110 g/mol. The van der Waals surface area contributed by atoms with Gasteiger partial charge in [-0.25, -0.2) is 0 Å². The molecule has 0 aromatic carbocycles. The normalized spacial score (nSPS) is 43.7.